The molecule has 0 aliphatic rings. The van der Waals surface area contributed by atoms with E-state index >= 15 is 0 Å². The van der Waals surface area contributed by atoms with Crippen molar-refractivity contribution in [1.82, 2.24) is 15.0 Å². The summed E-state index contributed by atoms with van der Waals surface area (Å²) in [5, 5.41) is 3.12. The molecule has 0 aliphatic heterocycles. The molecule has 0 bridgehead atoms. The molecule has 1 aromatic heterocycles. The van der Waals surface area contributed by atoms with Crippen LogP contribution in [0.1, 0.15) is 0 Å². The molecule has 0 saturated heterocycles. The molecule has 1 heterocycles. The van der Waals surface area contributed by atoms with Gasteiger partial charge in [0.15, 0.2) is 0 Å². The molecule has 1 aromatic carbocycles. The van der Waals surface area contributed by atoms with Crippen molar-refractivity contribution in [2.24, 2.45) is 0 Å². The van der Waals surface area contributed by atoms with Crippen LogP contribution >= 0.6 is 23.2 Å². The maximum Gasteiger partial charge on any atom is 0.232 e. The Morgan fingerprint density at radius 2 is 1.50 bits per heavy atom. The van der Waals surface area contributed by atoms with Crippen LogP contribution in [0.25, 0.3) is 0 Å². The van der Waals surface area contributed by atoms with Gasteiger partial charge in [-0.3, -0.25) is 0 Å². The summed E-state index contributed by atoms with van der Waals surface area (Å²) >= 11 is 11.4. The Hall–Kier alpha value is -1.59. The lowest BCUT2D eigenvalue weighted by molar-refractivity contribution is 1.05. The zero-order valence-electron chi connectivity index (χ0n) is 9.85. The molecule has 0 fully saturated rings. The summed E-state index contributed by atoms with van der Waals surface area (Å²) in [5.41, 5.74) is 1.95. The number of aromatic nitrogens is 3. The van der Waals surface area contributed by atoms with Crippen LogP contribution in [0, 0.1) is 0 Å². The Bertz CT molecular complexity index is 521. The number of benzene rings is 1. The van der Waals surface area contributed by atoms with E-state index in [0.29, 0.717) is 5.95 Å². The van der Waals surface area contributed by atoms with E-state index in [1.165, 1.54) is 0 Å². The second-order valence-electron chi connectivity index (χ2n) is 3.76. The molecular weight excluding hydrogens is 273 g/mol. The first-order valence-electron chi connectivity index (χ1n) is 5.16. The van der Waals surface area contributed by atoms with Gasteiger partial charge in [-0.25, -0.2) is 0 Å². The molecule has 0 saturated carbocycles. The highest BCUT2D eigenvalue weighted by Crippen LogP contribution is 2.19. The van der Waals surface area contributed by atoms with Gasteiger partial charge in [0.25, 0.3) is 0 Å². The molecule has 0 atom stereocenters. The highest BCUT2D eigenvalue weighted by molar-refractivity contribution is 6.31. The van der Waals surface area contributed by atoms with E-state index in [1.807, 2.05) is 43.3 Å². The molecule has 0 radical (unpaired) electrons. The summed E-state index contributed by atoms with van der Waals surface area (Å²) in [6.45, 7) is 0. The van der Waals surface area contributed by atoms with Crippen molar-refractivity contribution in [3.8, 4) is 0 Å². The number of nitrogens with zero attached hydrogens (tertiary/aromatic N) is 4. The maximum absolute atomic E-state index is 5.69. The van der Waals surface area contributed by atoms with Crippen molar-refractivity contribution < 1.29 is 0 Å². The Morgan fingerprint density at radius 3 is 2.00 bits per heavy atom. The summed E-state index contributed by atoms with van der Waals surface area (Å²) in [4.78, 5) is 13.5. The lowest BCUT2D eigenvalue weighted by Crippen LogP contribution is -2.08. The molecule has 18 heavy (non-hydrogen) atoms. The number of nitrogens with one attached hydrogen (secondary N) is 1. The molecule has 5 nitrogen and oxygen atoms in total. The molecule has 2 rings (SSSR count). The van der Waals surface area contributed by atoms with Gasteiger partial charge in [0.1, 0.15) is 0 Å². The van der Waals surface area contributed by atoms with Gasteiger partial charge in [-0.2, -0.15) is 15.0 Å². The minimum Gasteiger partial charge on any atom is -0.378 e. The van der Waals surface area contributed by atoms with Crippen LogP contribution in [0.4, 0.5) is 17.3 Å². The highest BCUT2D eigenvalue weighted by Gasteiger charge is 2.03. The Kier molecular flexibility index (Phi) is 3.84. The molecule has 0 aliphatic carbocycles. The van der Waals surface area contributed by atoms with Crippen LogP contribution in [0.2, 0.25) is 10.6 Å². The standard InChI is InChI=1S/C11H11Cl2N5/c1-18(2)8-5-3-7(4-6-8)14-11-16-9(12)15-10(13)17-11/h3-6H,1-2H3,(H,14,15,16,17). The minimum atomic E-state index is 0.0578. The molecule has 0 amide bonds. The predicted octanol–water partition coefficient (Wildman–Crippen LogP) is 2.99. The topological polar surface area (TPSA) is 53.9 Å². The van der Waals surface area contributed by atoms with E-state index < -0.39 is 0 Å². The van der Waals surface area contributed by atoms with Crippen molar-refractivity contribution >= 4 is 40.5 Å². The van der Waals surface area contributed by atoms with Crippen molar-refractivity contribution in [3.63, 3.8) is 0 Å². The molecule has 0 unspecified atom stereocenters. The lowest BCUT2D eigenvalue weighted by atomic mass is 10.2. The minimum absolute atomic E-state index is 0.0578. The monoisotopic (exact) mass is 283 g/mol. The number of halogens is 2. The van der Waals surface area contributed by atoms with E-state index in [-0.39, 0.29) is 10.6 Å². The fraction of sp³-hybridized carbons (Fsp3) is 0.182. The van der Waals surface area contributed by atoms with Crippen LogP contribution in [0.15, 0.2) is 24.3 Å². The first-order valence-corrected chi connectivity index (χ1v) is 5.91. The second-order valence-corrected chi connectivity index (χ2v) is 4.44. The van der Waals surface area contributed by atoms with Crippen LogP contribution in [0.5, 0.6) is 0 Å². The van der Waals surface area contributed by atoms with Crippen LogP contribution in [-0.2, 0) is 0 Å². The van der Waals surface area contributed by atoms with Gasteiger partial charge in [-0.1, -0.05) is 0 Å². The maximum atomic E-state index is 5.69. The van der Waals surface area contributed by atoms with Crippen LogP contribution in [0.3, 0.4) is 0 Å². The van der Waals surface area contributed by atoms with Gasteiger partial charge in [-0.15, -0.1) is 0 Å². The predicted molar refractivity (Wildman–Crippen MR) is 73.9 cm³/mol. The average molecular weight is 284 g/mol. The van der Waals surface area contributed by atoms with Gasteiger partial charge < -0.3 is 10.2 Å². The normalized spacial score (nSPS) is 10.2. The number of hydrogen-bond donors (Lipinski definition) is 1. The largest absolute Gasteiger partial charge is 0.378 e. The zero-order valence-corrected chi connectivity index (χ0v) is 11.4. The summed E-state index contributed by atoms with van der Waals surface area (Å²) in [7, 11) is 3.96. The number of hydrogen-bond acceptors (Lipinski definition) is 5. The first kappa shape index (κ1) is 12.9. The van der Waals surface area contributed by atoms with Gasteiger partial charge in [0.2, 0.25) is 16.5 Å². The van der Waals surface area contributed by atoms with E-state index in [4.69, 9.17) is 23.2 Å². The van der Waals surface area contributed by atoms with Crippen molar-refractivity contribution in [1.29, 1.82) is 0 Å². The summed E-state index contributed by atoms with van der Waals surface area (Å²) < 4.78 is 0. The van der Waals surface area contributed by atoms with Crippen molar-refractivity contribution in [2.45, 2.75) is 0 Å². The zero-order chi connectivity index (χ0) is 13.1. The van der Waals surface area contributed by atoms with Gasteiger partial charge in [-0.05, 0) is 47.5 Å². The van der Waals surface area contributed by atoms with Gasteiger partial charge in [0.05, 0.1) is 0 Å². The molecule has 2 aromatic rings. The van der Waals surface area contributed by atoms with Crippen LogP contribution in [-0.4, -0.2) is 29.0 Å². The van der Waals surface area contributed by atoms with Gasteiger partial charge >= 0.3 is 0 Å². The molecular formula is C11H11Cl2N5. The van der Waals surface area contributed by atoms with E-state index in [9.17, 15) is 0 Å². The Morgan fingerprint density at radius 1 is 0.944 bits per heavy atom. The molecule has 1 N–H and O–H groups in total. The van der Waals surface area contributed by atoms with Crippen LogP contribution < -0.4 is 10.2 Å². The van der Waals surface area contributed by atoms with E-state index in [2.05, 4.69) is 20.3 Å². The van der Waals surface area contributed by atoms with Gasteiger partial charge in [0, 0.05) is 25.5 Å². The number of anilines is 3. The highest BCUT2D eigenvalue weighted by atomic mass is 35.5. The fourth-order valence-electron chi connectivity index (χ4n) is 1.35. The Balaban J connectivity index is 2.18. The number of rotatable bonds is 3. The third kappa shape index (κ3) is 3.21. The summed E-state index contributed by atoms with van der Waals surface area (Å²) in [5.74, 6) is 0.317. The third-order valence-electron chi connectivity index (χ3n) is 2.22. The second kappa shape index (κ2) is 5.37. The SMILES string of the molecule is CN(C)c1ccc(Nc2nc(Cl)nc(Cl)n2)cc1. The smallest absolute Gasteiger partial charge is 0.232 e. The quantitative estimate of drug-likeness (QED) is 0.939. The molecule has 94 valence electrons. The Labute approximate surface area is 115 Å². The van der Waals surface area contributed by atoms with E-state index in [0.717, 1.165) is 11.4 Å². The third-order valence-corrected chi connectivity index (χ3v) is 2.56. The van der Waals surface area contributed by atoms with Crippen molar-refractivity contribution in [3.05, 3.63) is 34.8 Å². The summed E-state index contributed by atoms with van der Waals surface area (Å²) in [6, 6.07) is 7.79. The van der Waals surface area contributed by atoms with E-state index in [1.54, 1.807) is 0 Å². The molecule has 7 heteroatoms. The fourth-order valence-corrected chi connectivity index (χ4v) is 1.72. The lowest BCUT2D eigenvalue weighted by Gasteiger charge is -2.12. The van der Waals surface area contributed by atoms with Crippen molar-refractivity contribution in [2.75, 3.05) is 24.3 Å². The summed E-state index contributed by atoms with van der Waals surface area (Å²) in [6.07, 6.45) is 0. The first-order chi connectivity index (χ1) is 8.54. The molecule has 0 spiro atoms. The average Bonchev–Trinajstić information content (AvgIpc) is 2.28.